The van der Waals surface area contributed by atoms with Crippen molar-refractivity contribution < 1.29 is 14.7 Å². The highest BCUT2D eigenvalue weighted by atomic mass is 35.5. The van der Waals surface area contributed by atoms with Crippen LogP contribution in [0.5, 0.6) is 0 Å². The average Bonchev–Trinajstić information content (AvgIpc) is 2.44. The van der Waals surface area contributed by atoms with Crippen molar-refractivity contribution in [3.63, 3.8) is 0 Å². The molecule has 0 saturated carbocycles. The summed E-state index contributed by atoms with van der Waals surface area (Å²) < 4.78 is 0. The van der Waals surface area contributed by atoms with Gasteiger partial charge in [-0.15, -0.1) is 0 Å². The highest BCUT2D eigenvalue weighted by molar-refractivity contribution is 6.30. The lowest BCUT2D eigenvalue weighted by atomic mass is 10.1. The van der Waals surface area contributed by atoms with Gasteiger partial charge in [-0.1, -0.05) is 43.0 Å². The molecule has 0 bridgehead atoms. The number of halogens is 1. The summed E-state index contributed by atoms with van der Waals surface area (Å²) in [5.41, 5.74) is 0.950. The van der Waals surface area contributed by atoms with Crippen molar-refractivity contribution in [3.05, 3.63) is 34.9 Å². The van der Waals surface area contributed by atoms with Crippen LogP contribution in [0.2, 0.25) is 5.02 Å². The number of unbranched alkanes of at least 4 members (excludes halogenated alkanes) is 4. The van der Waals surface area contributed by atoms with Gasteiger partial charge in [0.2, 0.25) is 5.91 Å². The molecule has 1 aromatic rings. The Labute approximate surface area is 130 Å². The van der Waals surface area contributed by atoms with E-state index in [0.717, 1.165) is 37.7 Å². The van der Waals surface area contributed by atoms with E-state index in [2.05, 4.69) is 5.32 Å². The van der Waals surface area contributed by atoms with Gasteiger partial charge in [-0.2, -0.15) is 0 Å². The van der Waals surface area contributed by atoms with Gasteiger partial charge < -0.3 is 10.4 Å². The fraction of sp³-hybridized carbons (Fsp3) is 0.500. The van der Waals surface area contributed by atoms with Crippen molar-refractivity contribution in [2.45, 2.75) is 44.9 Å². The number of amides is 1. The third kappa shape index (κ3) is 9.08. The first-order valence-electron chi connectivity index (χ1n) is 7.31. The van der Waals surface area contributed by atoms with Crippen molar-refractivity contribution in [2.24, 2.45) is 0 Å². The molecule has 21 heavy (non-hydrogen) atoms. The van der Waals surface area contributed by atoms with Crippen LogP contribution in [-0.4, -0.2) is 23.5 Å². The smallest absolute Gasteiger partial charge is 0.303 e. The van der Waals surface area contributed by atoms with Crippen LogP contribution in [0.1, 0.15) is 44.1 Å². The predicted octanol–water partition coefficient (Wildman–Crippen LogP) is 3.42. The number of carboxylic acids is 1. The maximum Gasteiger partial charge on any atom is 0.303 e. The van der Waals surface area contributed by atoms with Crippen molar-refractivity contribution in [1.82, 2.24) is 5.32 Å². The molecule has 1 aromatic carbocycles. The van der Waals surface area contributed by atoms with Gasteiger partial charge in [0.25, 0.3) is 0 Å². The first-order chi connectivity index (χ1) is 10.1. The van der Waals surface area contributed by atoms with Crippen LogP contribution in [-0.2, 0) is 16.0 Å². The van der Waals surface area contributed by atoms with E-state index in [9.17, 15) is 9.59 Å². The van der Waals surface area contributed by atoms with Crippen LogP contribution in [0.15, 0.2) is 24.3 Å². The summed E-state index contributed by atoms with van der Waals surface area (Å²) >= 11 is 5.79. The minimum atomic E-state index is -0.732. The highest BCUT2D eigenvalue weighted by Gasteiger charge is 2.02. The number of carbonyl (C=O) groups is 2. The van der Waals surface area contributed by atoms with Gasteiger partial charge in [0, 0.05) is 18.0 Å². The van der Waals surface area contributed by atoms with E-state index in [1.807, 2.05) is 12.1 Å². The minimum Gasteiger partial charge on any atom is -0.481 e. The zero-order chi connectivity index (χ0) is 15.5. The van der Waals surface area contributed by atoms with Gasteiger partial charge >= 0.3 is 5.97 Å². The number of hydrogen-bond acceptors (Lipinski definition) is 2. The summed E-state index contributed by atoms with van der Waals surface area (Å²) in [5.74, 6) is -0.715. The van der Waals surface area contributed by atoms with Gasteiger partial charge in [0.05, 0.1) is 6.42 Å². The van der Waals surface area contributed by atoms with Gasteiger partial charge in [0.15, 0.2) is 0 Å². The van der Waals surface area contributed by atoms with Crippen LogP contribution in [0.25, 0.3) is 0 Å². The number of hydrogen-bond donors (Lipinski definition) is 2. The van der Waals surface area contributed by atoms with Crippen molar-refractivity contribution >= 4 is 23.5 Å². The third-order valence-electron chi connectivity index (χ3n) is 3.17. The maximum absolute atomic E-state index is 11.7. The molecule has 5 heteroatoms. The van der Waals surface area contributed by atoms with Crippen LogP contribution in [0, 0.1) is 0 Å². The molecule has 0 unspecified atom stereocenters. The molecule has 1 amide bonds. The molecule has 2 N–H and O–H groups in total. The molecular weight excluding hydrogens is 290 g/mol. The molecule has 1 rings (SSSR count). The molecular formula is C16H22ClNO3. The number of carbonyl (C=O) groups excluding carboxylic acids is 1. The number of nitrogens with one attached hydrogen (secondary N) is 1. The lowest BCUT2D eigenvalue weighted by molar-refractivity contribution is -0.137. The molecule has 0 heterocycles. The first kappa shape index (κ1) is 17.5. The summed E-state index contributed by atoms with van der Waals surface area (Å²) in [4.78, 5) is 22.0. The van der Waals surface area contributed by atoms with Crippen molar-refractivity contribution in [3.8, 4) is 0 Å². The Bertz CT molecular complexity index is 445. The van der Waals surface area contributed by atoms with Crippen molar-refractivity contribution in [1.29, 1.82) is 0 Å². The monoisotopic (exact) mass is 311 g/mol. The second kappa shape index (κ2) is 10.2. The third-order valence-corrected chi connectivity index (χ3v) is 3.42. The van der Waals surface area contributed by atoms with Crippen molar-refractivity contribution in [2.75, 3.05) is 6.54 Å². The fourth-order valence-electron chi connectivity index (χ4n) is 2.01. The summed E-state index contributed by atoms with van der Waals surface area (Å²) in [6.07, 6.45) is 5.25. The maximum atomic E-state index is 11.7. The lowest BCUT2D eigenvalue weighted by Gasteiger charge is -2.05. The summed E-state index contributed by atoms with van der Waals surface area (Å²) in [5, 5.41) is 12.1. The molecule has 0 aliphatic rings. The minimum absolute atomic E-state index is 0.0169. The quantitative estimate of drug-likeness (QED) is 0.651. The standard InChI is InChI=1S/C16H22ClNO3/c17-14-9-7-13(8-10-14)12-15(19)18-11-5-3-1-2-4-6-16(20)21/h7-10H,1-6,11-12H2,(H,18,19)(H,20,21). The van der Waals surface area contributed by atoms with E-state index in [1.165, 1.54) is 0 Å². The molecule has 0 aliphatic carbocycles. The van der Waals surface area contributed by atoms with Gasteiger partial charge in [-0.25, -0.2) is 0 Å². The molecule has 0 aromatic heterocycles. The Balaban J connectivity index is 2.01. The second-order valence-corrected chi connectivity index (χ2v) is 5.50. The molecule has 0 radical (unpaired) electrons. The van der Waals surface area contributed by atoms with Crippen LogP contribution in [0.4, 0.5) is 0 Å². The largest absolute Gasteiger partial charge is 0.481 e. The van der Waals surface area contributed by atoms with E-state index < -0.39 is 5.97 Å². The van der Waals surface area contributed by atoms with Crippen LogP contribution < -0.4 is 5.32 Å². The summed E-state index contributed by atoms with van der Waals surface area (Å²) in [6.45, 7) is 0.672. The summed E-state index contributed by atoms with van der Waals surface area (Å²) in [7, 11) is 0. The number of benzene rings is 1. The Morgan fingerprint density at radius 1 is 1.00 bits per heavy atom. The predicted molar refractivity (Wildman–Crippen MR) is 83.5 cm³/mol. The second-order valence-electron chi connectivity index (χ2n) is 5.06. The number of aliphatic carboxylic acids is 1. The average molecular weight is 312 g/mol. The fourth-order valence-corrected chi connectivity index (χ4v) is 2.14. The molecule has 116 valence electrons. The van der Waals surface area contributed by atoms with Gasteiger partial charge in [-0.05, 0) is 30.5 Å². The zero-order valence-corrected chi connectivity index (χ0v) is 12.9. The van der Waals surface area contributed by atoms with Crippen LogP contribution in [0.3, 0.4) is 0 Å². The molecule has 0 spiro atoms. The zero-order valence-electron chi connectivity index (χ0n) is 12.1. The Hall–Kier alpha value is -1.55. The molecule has 4 nitrogen and oxygen atoms in total. The Kier molecular flexibility index (Phi) is 8.51. The van der Waals surface area contributed by atoms with E-state index in [0.29, 0.717) is 18.0 Å². The summed E-state index contributed by atoms with van der Waals surface area (Å²) in [6, 6.07) is 7.26. The SMILES string of the molecule is O=C(O)CCCCCCCNC(=O)Cc1ccc(Cl)cc1. The number of carboxylic acid groups (broad SMARTS) is 1. The molecule has 0 aliphatic heterocycles. The molecule has 0 saturated heterocycles. The highest BCUT2D eigenvalue weighted by Crippen LogP contribution is 2.10. The van der Waals surface area contributed by atoms with Crippen LogP contribution >= 0.6 is 11.6 Å². The van der Waals surface area contributed by atoms with Gasteiger partial charge in [0.1, 0.15) is 0 Å². The van der Waals surface area contributed by atoms with E-state index in [1.54, 1.807) is 12.1 Å². The molecule has 0 atom stereocenters. The topological polar surface area (TPSA) is 66.4 Å². The lowest BCUT2D eigenvalue weighted by Crippen LogP contribution is -2.26. The molecule has 0 fully saturated rings. The van der Waals surface area contributed by atoms with E-state index >= 15 is 0 Å². The normalized spacial score (nSPS) is 10.3. The van der Waals surface area contributed by atoms with E-state index in [4.69, 9.17) is 16.7 Å². The Morgan fingerprint density at radius 3 is 2.29 bits per heavy atom. The number of rotatable bonds is 10. The van der Waals surface area contributed by atoms with E-state index in [-0.39, 0.29) is 12.3 Å². The Morgan fingerprint density at radius 2 is 1.62 bits per heavy atom. The first-order valence-corrected chi connectivity index (χ1v) is 7.68. The van der Waals surface area contributed by atoms with Gasteiger partial charge in [-0.3, -0.25) is 9.59 Å².